The normalized spacial score (nSPS) is 16.1. The zero-order valence-electron chi connectivity index (χ0n) is 24.8. The molecular formula is C31H42N6O5. The molecule has 1 saturated heterocycles. The summed E-state index contributed by atoms with van der Waals surface area (Å²) in [4.78, 5) is 71.0. The van der Waals surface area contributed by atoms with E-state index in [0.717, 1.165) is 31.5 Å². The number of pyridine rings is 1. The van der Waals surface area contributed by atoms with Crippen LogP contribution in [0.4, 0.5) is 0 Å². The summed E-state index contributed by atoms with van der Waals surface area (Å²) in [5.74, 6) is -3.14. The number of hydrogen-bond acceptors (Lipinski definition) is 7. The van der Waals surface area contributed by atoms with E-state index in [9.17, 15) is 24.0 Å². The topological polar surface area (TPSA) is 150 Å². The molecule has 0 unspecified atom stereocenters. The van der Waals surface area contributed by atoms with Gasteiger partial charge in [-0.05, 0) is 69.4 Å². The first-order valence-electron chi connectivity index (χ1n) is 14.4. The first-order valence-corrected chi connectivity index (χ1v) is 14.4. The van der Waals surface area contributed by atoms with E-state index >= 15 is 0 Å². The average molecular weight is 579 g/mol. The summed E-state index contributed by atoms with van der Waals surface area (Å²) in [7, 11) is 2.06. The average Bonchev–Trinajstić information content (AvgIpc) is 2.99. The van der Waals surface area contributed by atoms with Gasteiger partial charge in [0.1, 0.15) is 12.1 Å². The van der Waals surface area contributed by atoms with Crippen LogP contribution in [-0.4, -0.2) is 84.1 Å². The summed E-state index contributed by atoms with van der Waals surface area (Å²) in [6.07, 6.45) is 5.05. The molecule has 2 aromatic rings. The predicted molar refractivity (Wildman–Crippen MR) is 158 cm³/mol. The molecule has 0 saturated carbocycles. The van der Waals surface area contributed by atoms with Gasteiger partial charge in [0, 0.05) is 30.9 Å². The number of Topliss-reactive ketones (excluding diaryl/α,β-unsaturated/α-hetero) is 1. The van der Waals surface area contributed by atoms with Crippen molar-refractivity contribution in [1.29, 1.82) is 0 Å². The molecule has 0 bridgehead atoms. The molecule has 1 aliphatic heterocycles. The van der Waals surface area contributed by atoms with Crippen molar-refractivity contribution >= 4 is 29.4 Å². The molecule has 1 aromatic carbocycles. The Balaban J connectivity index is 1.60. The van der Waals surface area contributed by atoms with E-state index in [4.69, 9.17) is 0 Å². The number of piperidine rings is 1. The van der Waals surface area contributed by atoms with Crippen LogP contribution in [0.2, 0.25) is 0 Å². The number of nitrogens with one attached hydrogen (secondary N) is 4. The molecule has 0 aliphatic carbocycles. The van der Waals surface area contributed by atoms with Crippen molar-refractivity contribution in [2.24, 2.45) is 11.8 Å². The number of carbonyl (C=O) groups is 5. The summed E-state index contributed by atoms with van der Waals surface area (Å²) < 4.78 is 0. The van der Waals surface area contributed by atoms with Gasteiger partial charge >= 0.3 is 0 Å². The molecule has 2 heterocycles. The number of ketones is 1. The lowest BCUT2D eigenvalue weighted by molar-refractivity contribution is -0.141. The Labute approximate surface area is 247 Å². The van der Waals surface area contributed by atoms with Gasteiger partial charge in [0.15, 0.2) is 0 Å². The Bertz CT molecular complexity index is 1210. The fourth-order valence-corrected chi connectivity index (χ4v) is 4.73. The Hall–Kier alpha value is -4.12. The first-order chi connectivity index (χ1) is 20.0. The molecule has 11 heteroatoms. The Morgan fingerprint density at radius 2 is 1.52 bits per heavy atom. The smallest absolute Gasteiger partial charge is 0.289 e. The van der Waals surface area contributed by atoms with Crippen LogP contribution < -0.4 is 21.3 Å². The summed E-state index contributed by atoms with van der Waals surface area (Å²) in [6.45, 7) is 7.27. The zero-order valence-corrected chi connectivity index (χ0v) is 24.8. The van der Waals surface area contributed by atoms with Gasteiger partial charge in [0.05, 0.1) is 6.04 Å². The molecule has 1 fully saturated rings. The predicted octanol–water partition coefficient (Wildman–Crippen LogP) is 1.10. The molecule has 1 aromatic heterocycles. The summed E-state index contributed by atoms with van der Waals surface area (Å²) in [5, 5.41) is 10.8. The number of amides is 4. The van der Waals surface area contributed by atoms with Crippen molar-refractivity contribution in [3.8, 4) is 0 Å². The van der Waals surface area contributed by atoms with Gasteiger partial charge in [-0.25, -0.2) is 0 Å². The minimum atomic E-state index is -1.05. The van der Waals surface area contributed by atoms with E-state index < -0.39 is 47.5 Å². The van der Waals surface area contributed by atoms with Gasteiger partial charge in [0.2, 0.25) is 17.6 Å². The number of nitrogens with zero attached hydrogens (tertiary/aromatic N) is 2. The van der Waals surface area contributed by atoms with Crippen molar-refractivity contribution in [3.63, 3.8) is 0 Å². The van der Waals surface area contributed by atoms with E-state index in [0.29, 0.717) is 18.0 Å². The van der Waals surface area contributed by atoms with Gasteiger partial charge in [-0.15, -0.1) is 0 Å². The second kappa shape index (κ2) is 15.8. The van der Waals surface area contributed by atoms with E-state index in [-0.39, 0.29) is 12.3 Å². The van der Waals surface area contributed by atoms with Crippen LogP contribution in [-0.2, 0) is 25.6 Å². The quantitative estimate of drug-likeness (QED) is 0.260. The third kappa shape index (κ3) is 9.76. The molecule has 226 valence electrons. The number of likely N-dealkylation sites (tertiary alicyclic amines) is 1. The fourth-order valence-electron chi connectivity index (χ4n) is 4.73. The van der Waals surface area contributed by atoms with E-state index in [1.165, 1.54) is 31.5 Å². The van der Waals surface area contributed by atoms with Crippen LogP contribution >= 0.6 is 0 Å². The fraction of sp³-hybridized carbons (Fsp3) is 0.484. The third-order valence-corrected chi connectivity index (χ3v) is 7.46. The highest BCUT2D eigenvalue weighted by molar-refractivity contribution is 6.38. The Kier molecular flexibility index (Phi) is 12.2. The zero-order chi connectivity index (χ0) is 30.6. The highest BCUT2D eigenvalue weighted by atomic mass is 16.2. The number of carbonyl (C=O) groups excluding carboxylic acids is 5. The van der Waals surface area contributed by atoms with Crippen LogP contribution in [0, 0.1) is 11.8 Å². The van der Waals surface area contributed by atoms with Crippen LogP contribution in [0.25, 0.3) is 0 Å². The number of aromatic nitrogens is 1. The van der Waals surface area contributed by atoms with Crippen molar-refractivity contribution < 1.29 is 24.0 Å². The monoisotopic (exact) mass is 578 g/mol. The molecule has 42 heavy (non-hydrogen) atoms. The molecule has 3 atom stereocenters. The van der Waals surface area contributed by atoms with Crippen LogP contribution in [0.15, 0.2) is 54.9 Å². The maximum absolute atomic E-state index is 13.3. The Morgan fingerprint density at radius 1 is 0.881 bits per heavy atom. The summed E-state index contributed by atoms with van der Waals surface area (Å²) in [5.41, 5.74) is 1.16. The minimum Gasteiger partial charge on any atom is -0.349 e. The van der Waals surface area contributed by atoms with Crippen LogP contribution in [0.5, 0.6) is 0 Å². The van der Waals surface area contributed by atoms with Gasteiger partial charge in [0.25, 0.3) is 11.8 Å². The SMILES string of the molecule is CC(C)[C@H](NC(=O)[C@H](C)NC(=O)[C@H](Cc1ccccc1)NC(=O)c1ccncc1)C(=O)C(=O)NCC1CCN(C)CC1. The third-order valence-electron chi connectivity index (χ3n) is 7.46. The van der Waals surface area contributed by atoms with Crippen molar-refractivity contribution in [3.05, 3.63) is 66.0 Å². The molecule has 4 N–H and O–H groups in total. The summed E-state index contributed by atoms with van der Waals surface area (Å²) in [6, 6.07) is 9.20. The van der Waals surface area contributed by atoms with Gasteiger partial charge in [-0.3, -0.25) is 29.0 Å². The Morgan fingerprint density at radius 3 is 2.14 bits per heavy atom. The first kappa shape index (κ1) is 32.4. The molecule has 0 radical (unpaired) electrons. The molecule has 0 spiro atoms. The van der Waals surface area contributed by atoms with E-state index in [1.54, 1.807) is 13.8 Å². The molecular weight excluding hydrogens is 536 g/mol. The van der Waals surface area contributed by atoms with Crippen molar-refractivity contribution in [2.45, 2.75) is 58.2 Å². The lowest BCUT2D eigenvalue weighted by Gasteiger charge is -2.29. The highest BCUT2D eigenvalue weighted by Gasteiger charge is 2.32. The lowest BCUT2D eigenvalue weighted by Crippen LogP contribution is -2.57. The van der Waals surface area contributed by atoms with Gasteiger partial charge < -0.3 is 26.2 Å². The van der Waals surface area contributed by atoms with Crippen LogP contribution in [0.1, 0.15) is 49.5 Å². The van der Waals surface area contributed by atoms with Crippen molar-refractivity contribution in [2.75, 3.05) is 26.7 Å². The number of rotatable bonds is 13. The van der Waals surface area contributed by atoms with Gasteiger partial charge in [-0.1, -0.05) is 44.2 Å². The van der Waals surface area contributed by atoms with Crippen molar-refractivity contribution in [1.82, 2.24) is 31.2 Å². The summed E-state index contributed by atoms with van der Waals surface area (Å²) >= 11 is 0. The van der Waals surface area contributed by atoms with E-state index in [1.807, 2.05) is 30.3 Å². The standard InChI is InChI=1S/C31H42N6O5/c1-20(2)26(27(38)31(42)33-19-23-12-16-37(4)17-13-23)36-28(39)21(3)34-30(41)25(18-22-8-6-5-7-9-22)35-29(40)24-10-14-32-15-11-24/h5-11,14-15,20-21,23,25-26H,12-13,16-19H2,1-4H3,(H,33,42)(H,34,41)(H,35,40)(H,36,39)/t21-,25-,26-/m0/s1. The number of hydrogen-bond donors (Lipinski definition) is 4. The maximum atomic E-state index is 13.3. The van der Waals surface area contributed by atoms with Gasteiger partial charge in [-0.2, -0.15) is 0 Å². The van der Waals surface area contributed by atoms with Crippen LogP contribution in [0.3, 0.4) is 0 Å². The molecule has 11 nitrogen and oxygen atoms in total. The minimum absolute atomic E-state index is 0.197. The highest BCUT2D eigenvalue weighted by Crippen LogP contribution is 2.15. The lowest BCUT2D eigenvalue weighted by atomic mass is 9.96. The number of benzene rings is 1. The second-order valence-corrected chi connectivity index (χ2v) is 11.2. The maximum Gasteiger partial charge on any atom is 0.289 e. The second-order valence-electron chi connectivity index (χ2n) is 11.2. The molecule has 1 aliphatic rings. The largest absolute Gasteiger partial charge is 0.349 e. The van der Waals surface area contributed by atoms with E-state index in [2.05, 4.69) is 38.2 Å². The molecule has 3 rings (SSSR count). The molecule has 4 amide bonds.